The maximum atomic E-state index is 12.5. The van der Waals surface area contributed by atoms with Gasteiger partial charge in [-0.25, -0.2) is 0 Å². The van der Waals surface area contributed by atoms with Gasteiger partial charge in [-0.1, -0.05) is 43.6 Å². The van der Waals surface area contributed by atoms with Gasteiger partial charge in [0.2, 0.25) is 0 Å². The van der Waals surface area contributed by atoms with E-state index >= 15 is 0 Å². The molecule has 0 saturated heterocycles. The van der Waals surface area contributed by atoms with Crippen LogP contribution in [-0.4, -0.2) is 23.8 Å². The third-order valence-corrected chi connectivity index (χ3v) is 5.53. The number of aryl methyl sites for hydroxylation is 1. The molecule has 7 heteroatoms. The van der Waals surface area contributed by atoms with Crippen molar-refractivity contribution in [1.29, 1.82) is 0 Å². The standard InChI is InChI=1S/C21H24ClNO4S/c1-12(2)15-7-5-6-13(3)20(15)23-21(26)14(4)27-19(25)11-8-16(24)17-9-10-18(22)28-17/h5-7,9-10,12,14H,8,11H2,1-4H3,(H,23,26)/t14-/m0/s1. The van der Waals surface area contributed by atoms with Gasteiger partial charge in [0.25, 0.3) is 5.91 Å². The zero-order valence-corrected chi connectivity index (χ0v) is 17.9. The lowest BCUT2D eigenvalue weighted by Gasteiger charge is -2.19. The van der Waals surface area contributed by atoms with Crippen molar-refractivity contribution in [2.45, 2.75) is 52.6 Å². The highest BCUT2D eigenvalue weighted by molar-refractivity contribution is 7.18. The van der Waals surface area contributed by atoms with Gasteiger partial charge in [-0.2, -0.15) is 0 Å². The molecule has 0 radical (unpaired) electrons. The topological polar surface area (TPSA) is 72.5 Å². The molecule has 2 rings (SSSR count). The van der Waals surface area contributed by atoms with Crippen molar-refractivity contribution in [3.05, 3.63) is 50.7 Å². The van der Waals surface area contributed by atoms with Crippen LogP contribution in [0.1, 0.15) is 60.3 Å². The minimum Gasteiger partial charge on any atom is -0.453 e. The van der Waals surface area contributed by atoms with Crippen LogP contribution in [0, 0.1) is 6.92 Å². The van der Waals surface area contributed by atoms with Crippen LogP contribution in [0.25, 0.3) is 0 Å². The zero-order valence-electron chi connectivity index (χ0n) is 16.4. The number of hydrogen-bond acceptors (Lipinski definition) is 5. The van der Waals surface area contributed by atoms with Gasteiger partial charge in [0, 0.05) is 12.1 Å². The molecule has 0 unspecified atom stereocenters. The molecule has 150 valence electrons. The van der Waals surface area contributed by atoms with E-state index in [-0.39, 0.29) is 24.5 Å². The summed E-state index contributed by atoms with van der Waals surface area (Å²) >= 11 is 6.98. The number of carbonyl (C=O) groups excluding carboxylic acids is 3. The van der Waals surface area contributed by atoms with Gasteiger partial charge in [-0.15, -0.1) is 11.3 Å². The van der Waals surface area contributed by atoms with Crippen LogP contribution in [0.5, 0.6) is 0 Å². The molecule has 0 bridgehead atoms. The molecular formula is C21H24ClNO4S. The number of anilines is 1. The van der Waals surface area contributed by atoms with E-state index < -0.39 is 18.0 Å². The average Bonchev–Trinajstić information content (AvgIpc) is 3.07. The molecule has 1 atom stereocenters. The molecule has 2 aromatic rings. The summed E-state index contributed by atoms with van der Waals surface area (Å²) in [6, 6.07) is 9.10. The molecule has 0 aliphatic heterocycles. The first-order valence-electron chi connectivity index (χ1n) is 9.07. The molecule has 1 N–H and O–H groups in total. The number of ketones is 1. The molecule has 1 amide bonds. The van der Waals surface area contributed by atoms with E-state index in [4.69, 9.17) is 16.3 Å². The lowest BCUT2D eigenvalue weighted by Crippen LogP contribution is -2.30. The number of Topliss-reactive ketones (excluding diaryl/α,β-unsaturated/α-hetero) is 1. The van der Waals surface area contributed by atoms with Gasteiger partial charge in [0.05, 0.1) is 15.6 Å². The molecule has 1 aromatic heterocycles. The van der Waals surface area contributed by atoms with Crippen molar-refractivity contribution in [2.24, 2.45) is 0 Å². The van der Waals surface area contributed by atoms with Crippen molar-refractivity contribution < 1.29 is 19.1 Å². The van der Waals surface area contributed by atoms with Crippen molar-refractivity contribution in [2.75, 3.05) is 5.32 Å². The number of nitrogens with one attached hydrogen (secondary N) is 1. The summed E-state index contributed by atoms with van der Waals surface area (Å²) in [6.07, 6.45) is -1.04. The fourth-order valence-corrected chi connectivity index (χ4v) is 3.69. The summed E-state index contributed by atoms with van der Waals surface area (Å²) in [5.41, 5.74) is 2.71. The van der Waals surface area contributed by atoms with Crippen LogP contribution >= 0.6 is 22.9 Å². The number of esters is 1. The molecular weight excluding hydrogens is 398 g/mol. The monoisotopic (exact) mass is 421 g/mol. The summed E-state index contributed by atoms with van der Waals surface area (Å²) in [5.74, 6) is -0.925. The van der Waals surface area contributed by atoms with Crippen molar-refractivity contribution in [3.8, 4) is 0 Å². The van der Waals surface area contributed by atoms with Crippen LogP contribution < -0.4 is 5.32 Å². The van der Waals surface area contributed by atoms with Gasteiger partial charge in [-0.3, -0.25) is 14.4 Å². The van der Waals surface area contributed by atoms with E-state index in [0.29, 0.717) is 9.21 Å². The fraction of sp³-hybridized carbons (Fsp3) is 0.381. The number of rotatable bonds is 8. The SMILES string of the molecule is Cc1cccc(C(C)C)c1NC(=O)[C@H](C)OC(=O)CCC(=O)c1ccc(Cl)s1. The maximum Gasteiger partial charge on any atom is 0.307 e. The van der Waals surface area contributed by atoms with E-state index in [9.17, 15) is 14.4 Å². The van der Waals surface area contributed by atoms with Crippen LogP contribution in [0.3, 0.4) is 0 Å². The average molecular weight is 422 g/mol. The molecule has 0 saturated carbocycles. The molecule has 1 heterocycles. The number of benzene rings is 1. The third kappa shape index (κ3) is 5.91. The maximum absolute atomic E-state index is 12.5. The normalized spacial score (nSPS) is 11.9. The Morgan fingerprint density at radius 2 is 1.82 bits per heavy atom. The van der Waals surface area contributed by atoms with Gasteiger partial charge in [0.1, 0.15) is 0 Å². The molecule has 1 aromatic carbocycles. The Morgan fingerprint density at radius 1 is 1.11 bits per heavy atom. The number of carbonyl (C=O) groups is 3. The van der Waals surface area contributed by atoms with Crippen molar-refractivity contribution >= 4 is 46.3 Å². The second-order valence-electron chi connectivity index (χ2n) is 6.84. The van der Waals surface area contributed by atoms with Crippen LogP contribution in [0.2, 0.25) is 4.34 Å². The smallest absolute Gasteiger partial charge is 0.307 e. The summed E-state index contributed by atoms with van der Waals surface area (Å²) < 4.78 is 5.71. The van der Waals surface area contributed by atoms with E-state index in [1.807, 2.05) is 39.0 Å². The van der Waals surface area contributed by atoms with Gasteiger partial charge in [0.15, 0.2) is 11.9 Å². The summed E-state index contributed by atoms with van der Waals surface area (Å²) in [4.78, 5) is 37.0. The molecule has 0 spiro atoms. The number of amides is 1. The molecule has 0 aliphatic carbocycles. The van der Waals surface area contributed by atoms with Crippen LogP contribution in [0.15, 0.2) is 30.3 Å². The highest BCUT2D eigenvalue weighted by atomic mass is 35.5. The largest absolute Gasteiger partial charge is 0.453 e. The Morgan fingerprint density at radius 3 is 2.43 bits per heavy atom. The fourth-order valence-electron chi connectivity index (χ4n) is 2.68. The first kappa shape index (κ1) is 22.1. The number of halogens is 1. The van der Waals surface area contributed by atoms with E-state index in [1.165, 1.54) is 18.3 Å². The quantitative estimate of drug-likeness (QED) is 0.459. The van der Waals surface area contributed by atoms with Crippen LogP contribution in [0.4, 0.5) is 5.69 Å². The van der Waals surface area contributed by atoms with Crippen LogP contribution in [-0.2, 0) is 14.3 Å². The number of hydrogen-bond donors (Lipinski definition) is 1. The highest BCUT2D eigenvalue weighted by Gasteiger charge is 2.21. The van der Waals surface area contributed by atoms with E-state index in [2.05, 4.69) is 5.32 Å². The van der Waals surface area contributed by atoms with E-state index in [0.717, 1.165) is 16.8 Å². The first-order valence-corrected chi connectivity index (χ1v) is 10.3. The number of para-hydroxylation sites is 1. The molecule has 0 aliphatic rings. The Kier molecular flexibility index (Phi) is 7.78. The minimum absolute atomic E-state index is 0.0132. The Labute approximate surface area is 174 Å². The minimum atomic E-state index is -0.960. The second-order valence-corrected chi connectivity index (χ2v) is 8.56. The third-order valence-electron chi connectivity index (χ3n) is 4.26. The van der Waals surface area contributed by atoms with Gasteiger partial charge < -0.3 is 10.1 Å². The lowest BCUT2D eigenvalue weighted by molar-refractivity contribution is -0.153. The van der Waals surface area contributed by atoms with Gasteiger partial charge in [-0.05, 0) is 43.0 Å². The van der Waals surface area contributed by atoms with E-state index in [1.54, 1.807) is 12.1 Å². The Hall–Kier alpha value is -2.18. The summed E-state index contributed by atoms with van der Waals surface area (Å²) in [7, 11) is 0. The second kappa shape index (κ2) is 9.85. The summed E-state index contributed by atoms with van der Waals surface area (Å²) in [6.45, 7) is 7.53. The highest BCUT2D eigenvalue weighted by Crippen LogP contribution is 2.27. The molecule has 0 fully saturated rings. The summed E-state index contributed by atoms with van der Waals surface area (Å²) in [5, 5.41) is 2.86. The molecule has 28 heavy (non-hydrogen) atoms. The molecule has 5 nitrogen and oxygen atoms in total. The Balaban J connectivity index is 1.90. The number of ether oxygens (including phenoxy) is 1. The Bertz CT molecular complexity index is 875. The first-order chi connectivity index (χ1) is 13.2. The van der Waals surface area contributed by atoms with Crippen molar-refractivity contribution in [1.82, 2.24) is 0 Å². The van der Waals surface area contributed by atoms with Gasteiger partial charge >= 0.3 is 5.97 Å². The predicted molar refractivity (Wildman–Crippen MR) is 112 cm³/mol. The van der Waals surface area contributed by atoms with Crippen molar-refractivity contribution in [3.63, 3.8) is 0 Å². The number of thiophene rings is 1. The lowest BCUT2D eigenvalue weighted by atomic mass is 9.98. The zero-order chi connectivity index (χ0) is 20.8. The predicted octanol–water partition coefficient (Wildman–Crippen LogP) is 5.37.